The van der Waals surface area contributed by atoms with Crippen LogP contribution in [0.4, 0.5) is 5.82 Å². The number of sulfonamides is 1. The van der Waals surface area contributed by atoms with E-state index in [1.165, 1.54) is 0 Å². The summed E-state index contributed by atoms with van der Waals surface area (Å²) >= 11 is 0. The van der Waals surface area contributed by atoms with Gasteiger partial charge < -0.3 is 10.1 Å². The molecule has 1 aromatic rings. The lowest BCUT2D eigenvalue weighted by Gasteiger charge is -2.38. The summed E-state index contributed by atoms with van der Waals surface area (Å²) in [6.07, 6.45) is 7.49. The lowest BCUT2D eigenvalue weighted by molar-refractivity contribution is -0.0329. The van der Waals surface area contributed by atoms with Crippen LogP contribution in [0, 0.1) is 0 Å². The van der Waals surface area contributed by atoms with Gasteiger partial charge in [0.2, 0.25) is 10.0 Å². The van der Waals surface area contributed by atoms with Crippen LogP contribution in [-0.4, -0.2) is 59.8 Å². The summed E-state index contributed by atoms with van der Waals surface area (Å²) in [4.78, 5) is 8.24. The molecule has 0 bridgehead atoms. The van der Waals surface area contributed by atoms with Crippen molar-refractivity contribution in [2.24, 2.45) is 0 Å². The van der Waals surface area contributed by atoms with Crippen LogP contribution in [-0.2, 0) is 14.8 Å². The molecule has 0 radical (unpaired) electrons. The fraction of sp³-hybridized carbons (Fsp3) is 0.714. The van der Waals surface area contributed by atoms with Gasteiger partial charge in [-0.05, 0) is 19.8 Å². The van der Waals surface area contributed by atoms with Crippen LogP contribution in [0.25, 0.3) is 0 Å². The van der Waals surface area contributed by atoms with Gasteiger partial charge in [0.15, 0.2) is 0 Å². The molecule has 7 nitrogen and oxygen atoms in total. The fourth-order valence-corrected chi connectivity index (χ4v) is 4.49. The van der Waals surface area contributed by atoms with Crippen molar-refractivity contribution >= 4 is 15.8 Å². The Labute approximate surface area is 131 Å². The molecule has 0 unspecified atom stereocenters. The van der Waals surface area contributed by atoms with Gasteiger partial charge in [-0.2, -0.15) is 4.31 Å². The number of ether oxygens (including phenoxy) is 1. The summed E-state index contributed by atoms with van der Waals surface area (Å²) in [5, 5.41) is 3.31. The van der Waals surface area contributed by atoms with Gasteiger partial charge in [-0.15, -0.1) is 0 Å². The first-order valence-electron chi connectivity index (χ1n) is 7.67. The van der Waals surface area contributed by atoms with Gasteiger partial charge >= 0.3 is 0 Å². The van der Waals surface area contributed by atoms with Crippen LogP contribution >= 0.6 is 0 Å². The number of nitrogens with one attached hydrogen (secondary N) is 1. The summed E-state index contributed by atoms with van der Waals surface area (Å²) in [6.45, 7) is 3.31. The zero-order valence-electron chi connectivity index (χ0n) is 12.7. The average Bonchev–Trinajstić information content (AvgIpc) is 2.90. The van der Waals surface area contributed by atoms with E-state index in [1.54, 1.807) is 29.8 Å². The minimum atomic E-state index is -3.15. The van der Waals surface area contributed by atoms with Crippen LogP contribution < -0.4 is 5.32 Å². The van der Waals surface area contributed by atoms with Crippen molar-refractivity contribution in [2.75, 3.05) is 30.8 Å². The number of aromatic nitrogens is 2. The van der Waals surface area contributed by atoms with E-state index in [9.17, 15) is 8.42 Å². The molecule has 22 heavy (non-hydrogen) atoms. The summed E-state index contributed by atoms with van der Waals surface area (Å²) in [7, 11) is -3.15. The van der Waals surface area contributed by atoms with Gasteiger partial charge in [0.05, 0.1) is 30.2 Å². The van der Waals surface area contributed by atoms with Crippen LogP contribution in [0.3, 0.4) is 0 Å². The molecule has 1 spiro atoms. The molecule has 3 heterocycles. The number of anilines is 1. The van der Waals surface area contributed by atoms with Gasteiger partial charge in [-0.3, -0.25) is 4.98 Å². The van der Waals surface area contributed by atoms with Crippen LogP contribution in [0.15, 0.2) is 18.6 Å². The third kappa shape index (κ3) is 3.23. The highest BCUT2D eigenvalue weighted by molar-refractivity contribution is 7.89. The highest BCUT2D eigenvalue weighted by Gasteiger charge is 2.45. The molecule has 0 amide bonds. The maximum absolute atomic E-state index is 12.1. The first-order chi connectivity index (χ1) is 10.5. The van der Waals surface area contributed by atoms with Crippen LogP contribution in [0.2, 0.25) is 0 Å². The summed E-state index contributed by atoms with van der Waals surface area (Å²) in [5.74, 6) is 0.867. The highest BCUT2D eigenvalue weighted by atomic mass is 32.2. The van der Waals surface area contributed by atoms with E-state index >= 15 is 0 Å². The molecule has 2 aliphatic heterocycles. The van der Waals surface area contributed by atoms with Gasteiger partial charge in [-0.25, -0.2) is 13.4 Å². The van der Waals surface area contributed by atoms with Crippen molar-refractivity contribution in [2.45, 2.75) is 37.8 Å². The van der Waals surface area contributed by atoms with Crippen LogP contribution in [0.5, 0.6) is 0 Å². The second-order valence-electron chi connectivity index (χ2n) is 5.97. The highest BCUT2D eigenvalue weighted by Crippen LogP contribution is 2.36. The first kappa shape index (κ1) is 15.6. The third-order valence-corrected chi connectivity index (χ3v) is 6.21. The number of nitrogens with zero attached hydrogens (tertiary/aromatic N) is 3. The van der Waals surface area contributed by atoms with Gasteiger partial charge in [0.25, 0.3) is 0 Å². The van der Waals surface area contributed by atoms with Crippen molar-refractivity contribution in [1.29, 1.82) is 0 Å². The van der Waals surface area contributed by atoms with Crippen molar-refractivity contribution < 1.29 is 13.2 Å². The molecule has 122 valence electrons. The Hall–Kier alpha value is -1.25. The maximum atomic E-state index is 12.1. The quantitative estimate of drug-likeness (QED) is 0.883. The summed E-state index contributed by atoms with van der Waals surface area (Å²) in [6, 6.07) is 0.140. The zero-order chi connectivity index (χ0) is 15.6. The smallest absolute Gasteiger partial charge is 0.213 e. The Kier molecular flexibility index (Phi) is 4.33. The van der Waals surface area contributed by atoms with Gasteiger partial charge in [0, 0.05) is 31.9 Å². The summed E-state index contributed by atoms with van der Waals surface area (Å²) in [5.41, 5.74) is -0.361. The Balaban J connectivity index is 1.65. The minimum absolute atomic E-state index is 0.140. The molecule has 0 aromatic carbocycles. The van der Waals surface area contributed by atoms with E-state index in [0.717, 1.165) is 25.1 Å². The predicted octanol–water partition coefficient (Wildman–Crippen LogP) is 0.862. The average molecular weight is 326 g/mol. The lowest BCUT2D eigenvalue weighted by Crippen LogP contribution is -2.50. The topological polar surface area (TPSA) is 84.4 Å². The Morgan fingerprint density at radius 3 is 3.09 bits per heavy atom. The Morgan fingerprint density at radius 1 is 1.50 bits per heavy atom. The van der Waals surface area contributed by atoms with E-state index in [-0.39, 0.29) is 17.4 Å². The molecule has 2 saturated heterocycles. The monoisotopic (exact) mass is 326 g/mol. The Bertz CT molecular complexity index is 610. The molecular weight excluding hydrogens is 304 g/mol. The van der Waals surface area contributed by atoms with E-state index in [4.69, 9.17) is 4.74 Å². The molecule has 1 N–H and O–H groups in total. The van der Waals surface area contributed by atoms with Crippen LogP contribution in [0.1, 0.15) is 26.2 Å². The molecule has 3 rings (SSSR count). The normalized spacial score (nSPS) is 29.8. The van der Waals surface area contributed by atoms with E-state index in [2.05, 4.69) is 15.3 Å². The Morgan fingerprint density at radius 2 is 2.36 bits per heavy atom. The SMILES string of the molecule is CCS(=O)(=O)N1CCC[C@]2(C[C@H](Nc3cnccn3)CO2)C1. The number of piperidine rings is 1. The van der Waals surface area contributed by atoms with Crippen molar-refractivity contribution in [3.05, 3.63) is 18.6 Å². The van der Waals surface area contributed by atoms with Crippen molar-refractivity contribution in [3.8, 4) is 0 Å². The van der Waals surface area contributed by atoms with Gasteiger partial charge in [0.1, 0.15) is 5.82 Å². The second kappa shape index (κ2) is 6.10. The first-order valence-corrected chi connectivity index (χ1v) is 9.28. The molecule has 8 heteroatoms. The number of rotatable bonds is 4. The van der Waals surface area contributed by atoms with Crippen molar-refractivity contribution in [1.82, 2.24) is 14.3 Å². The molecule has 0 saturated carbocycles. The number of hydrogen-bond acceptors (Lipinski definition) is 6. The maximum Gasteiger partial charge on any atom is 0.213 e. The van der Waals surface area contributed by atoms with Crippen molar-refractivity contribution in [3.63, 3.8) is 0 Å². The fourth-order valence-electron chi connectivity index (χ4n) is 3.28. The molecule has 0 aliphatic carbocycles. The zero-order valence-corrected chi connectivity index (χ0v) is 13.6. The predicted molar refractivity (Wildman–Crippen MR) is 83.0 cm³/mol. The molecule has 1 aromatic heterocycles. The molecule has 2 atom stereocenters. The lowest BCUT2D eigenvalue weighted by atomic mass is 9.90. The standard InChI is InChI=1S/C14H22N4O3S/c1-2-22(19,20)18-7-3-4-14(11-18)8-12(10-21-14)17-13-9-15-5-6-16-13/h5-6,9,12H,2-4,7-8,10-11H2,1H3,(H,16,17)/t12-,14-/m0/s1. The van der Waals surface area contributed by atoms with E-state index < -0.39 is 10.0 Å². The largest absolute Gasteiger partial charge is 0.371 e. The van der Waals surface area contributed by atoms with Gasteiger partial charge in [-0.1, -0.05) is 0 Å². The summed E-state index contributed by atoms with van der Waals surface area (Å²) < 4.78 is 31.8. The minimum Gasteiger partial charge on any atom is -0.371 e. The number of hydrogen-bond donors (Lipinski definition) is 1. The molecular formula is C14H22N4O3S. The van der Waals surface area contributed by atoms with E-state index in [1.807, 2.05) is 0 Å². The van der Waals surface area contributed by atoms with E-state index in [0.29, 0.717) is 19.7 Å². The molecule has 2 fully saturated rings. The second-order valence-corrected chi connectivity index (χ2v) is 8.23. The third-order valence-electron chi connectivity index (χ3n) is 4.39. The molecule has 2 aliphatic rings.